The molecule has 0 aliphatic carbocycles. The summed E-state index contributed by atoms with van der Waals surface area (Å²) in [4.78, 5) is 41.7. The highest BCUT2D eigenvalue weighted by atomic mass is 32.2. The van der Waals surface area contributed by atoms with Crippen LogP contribution in [0.4, 0.5) is 27.8 Å². The maximum absolute atomic E-state index is 16.0. The molecule has 10 nitrogen and oxygen atoms in total. The fourth-order valence-electron chi connectivity index (χ4n) is 5.62. The number of alkyl halides is 3. The number of pyridine rings is 2. The number of carbonyl (C=O) groups is 1. The molecule has 0 radical (unpaired) electrons. The highest BCUT2D eigenvalue weighted by Gasteiger charge is 2.38. The van der Waals surface area contributed by atoms with E-state index in [9.17, 15) is 31.2 Å². The monoisotopic (exact) mass is 662 g/mol. The Balaban J connectivity index is 1.90. The van der Waals surface area contributed by atoms with Crippen molar-refractivity contribution >= 4 is 32.6 Å². The van der Waals surface area contributed by atoms with Gasteiger partial charge in [-0.25, -0.2) is 36.5 Å². The molecule has 1 fully saturated rings. The third kappa shape index (κ3) is 5.61. The zero-order valence-corrected chi connectivity index (χ0v) is 25.7. The Morgan fingerprint density at radius 3 is 2.39 bits per heavy atom. The zero-order valence-electron chi connectivity index (χ0n) is 24.9. The van der Waals surface area contributed by atoms with E-state index in [1.165, 1.54) is 19.2 Å². The topological polar surface area (TPSA) is 118 Å². The van der Waals surface area contributed by atoms with Gasteiger partial charge in [-0.2, -0.15) is 18.2 Å². The molecule has 46 heavy (non-hydrogen) atoms. The predicted octanol–water partition coefficient (Wildman–Crippen LogP) is 4.46. The Hall–Kier alpha value is -4.73. The van der Waals surface area contributed by atoms with E-state index in [0.717, 1.165) is 29.0 Å². The fraction of sp³-hybridized carbons (Fsp3) is 0.300. The molecule has 2 atom stereocenters. The Labute approximate surface area is 259 Å². The van der Waals surface area contributed by atoms with E-state index < -0.39 is 72.9 Å². The molecule has 0 unspecified atom stereocenters. The zero-order chi connectivity index (χ0) is 33.9. The van der Waals surface area contributed by atoms with Gasteiger partial charge in [0.25, 0.3) is 0 Å². The van der Waals surface area contributed by atoms with Gasteiger partial charge in [-0.1, -0.05) is 12.6 Å². The molecule has 1 aromatic carbocycles. The number of carbonyl (C=O) groups excluding carboxylic acids is 1. The van der Waals surface area contributed by atoms with Crippen LogP contribution in [0.5, 0.6) is 0 Å². The van der Waals surface area contributed by atoms with Crippen LogP contribution >= 0.6 is 0 Å². The summed E-state index contributed by atoms with van der Waals surface area (Å²) >= 11 is 0. The number of anilines is 1. The molecule has 5 rings (SSSR count). The highest BCUT2D eigenvalue weighted by Crippen LogP contribution is 2.40. The molecule has 0 N–H and O–H groups in total. The largest absolute Gasteiger partial charge is 0.417 e. The molecule has 1 aliphatic rings. The molecule has 242 valence electrons. The number of hydrogen-bond donors (Lipinski definition) is 0. The number of piperazine rings is 1. The lowest BCUT2D eigenvalue weighted by atomic mass is 10.0. The van der Waals surface area contributed by atoms with E-state index in [4.69, 9.17) is 0 Å². The number of nitrogens with zero attached hydrogens (tertiary/aromatic N) is 6. The van der Waals surface area contributed by atoms with E-state index >= 15 is 8.78 Å². The number of sulfone groups is 1. The average molecular weight is 663 g/mol. The Bertz CT molecular complexity index is 2080. The Morgan fingerprint density at radius 1 is 1.07 bits per heavy atom. The maximum Gasteiger partial charge on any atom is 0.417 e. The average Bonchev–Trinajstić information content (AvgIpc) is 2.96. The fourth-order valence-corrected chi connectivity index (χ4v) is 6.47. The van der Waals surface area contributed by atoms with Gasteiger partial charge in [0.15, 0.2) is 26.3 Å². The van der Waals surface area contributed by atoms with Crippen molar-refractivity contribution in [1.82, 2.24) is 24.4 Å². The first kappa shape index (κ1) is 32.7. The molecule has 4 aromatic rings. The summed E-state index contributed by atoms with van der Waals surface area (Å²) in [6, 6.07) is 3.31. The van der Waals surface area contributed by atoms with Gasteiger partial charge in [-0.3, -0.25) is 4.79 Å². The van der Waals surface area contributed by atoms with Gasteiger partial charge >= 0.3 is 11.9 Å². The van der Waals surface area contributed by atoms with Crippen LogP contribution in [0, 0.1) is 18.6 Å². The molecule has 1 amide bonds. The van der Waals surface area contributed by atoms with Crippen molar-refractivity contribution in [3.05, 3.63) is 82.4 Å². The molecule has 1 aliphatic heterocycles. The number of benzene rings is 1. The van der Waals surface area contributed by atoms with Crippen molar-refractivity contribution in [2.75, 3.05) is 24.2 Å². The summed E-state index contributed by atoms with van der Waals surface area (Å²) in [5, 5.41) is -0.755. The highest BCUT2D eigenvalue weighted by molar-refractivity contribution is 7.90. The molecule has 0 saturated carbocycles. The van der Waals surface area contributed by atoms with Crippen LogP contribution in [-0.2, 0) is 20.8 Å². The lowest BCUT2D eigenvalue weighted by Crippen LogP contribution is -2.58. The predicted molar refractivity (Wildman–Crippen MR) is 159 cm³/mol. The summed E-state index contributed by atoms with van der Waals surface area (Å²) in [6.45, 7) is 8.66. The normalized spacial score (nSPS) is 17.4. The smallest absolute Gasteiger partial charge is 0.349 e. The summed E-state index contributed by atoms with van der Waals surface area (Å²) in [5.41, 5.74) is -5.49. The lowest BCUT2D eigenvalue weighted by molar-refractivity contribution is -0.137. The number of halogens is 5. The Kier molecular flexibility index (Phi) is 8.21. The molecule has 0 spiro atoms. The second-order valence-corrected chi connectivity index (χ2v) is 12.9. The number of aryl methyl sites for hydroxylation is 1. The number of rotatable bonds is 5. The van der Waals surface area contributed by atoms with Crippen LogP contribution in [0.3, 0.4) is 0 Å². The quantitative estimate of drug-likeness (QED) is 0.227. The van der Waals surface area contributed by atoms with Crippen LogP contribution < -0.4 is 10.6 Å². The lowest BCUT2D eigenvalue weighted by Gasteiger charge is -2.44. The molecule has 0 bridgehead atoms. The van der Waals surface area contributed by atoms with E-state index in [1.807, 2.05) is 0 Å². The van der Waals surface area contributed by atoms with Crippen molar-refractivity contribution in [1.29, 1.82) is 0 Å². The maximum atomic E-state index is 16.0. The first-order valence-corrected chi connectivity index (χ1v) is 15.7. The van der Waals surface area contributed by atoms with Gasteiger partial charge in [0.05, 0.1) is 22.2 Å². The molecular formula is C30H27F5N6O4S. The van der Waals surface area contributed by atoms with Crippen molar-refractivity contribution < 1.29 is 35.2 Å². The second kappa shape index (κ2) is 11.6. The first-order valence-electron chi connectivity index (χ1n) is 13.8. The van der Waals surface area contributed by atoms with E-state index in [0.29, 0.717) is 12.1 Å². The third-order valence-corrected chi connectivity index (χ3v) is 8.74. The van der Waals surface area contributed by atoms with Gasteiger partial charge in [0.1, 0.15) is 17.3 Å². The van der Waals surface area contributed by atoms with Crippen molar-refractivity contribution in [2.24, 2.45) is 0 Å². The second-order valence-electron chi connectivity index (χ2n) is 11.0. The van der Waals surface area contributed by atoms with E-state index in [-0.39, 0.29) is 41.5 Å². The summed E-state index contributed by atoms with van der Waals surface area (Å²) < 4.78 is 99.4. The number of hydrogen-bond acceptors (Lipinski definition) is 8. The van der Waals surface area contributed by atoms with E-state index in [2.05, 4.69) is 21.5 Å². The summed E-state index contributed by atoms with van der Waals surface area (Å²) in [7, 11) is -4.12. The van der Waals surface area contributed by atoms with Gasteiger partial charge in [-0.05, 0) is 56.7 Å². The minimum absolute atomic E-state index is 0.0989. The van der Waals surface area contributed by atoms with Crippen LogP contribution in [0.25, 0.3) is 28.0 Å². The number of fused-ring (bicyclic) bond motifs is 1. The molecule has 4 heterocycles. The minimum Gasteiger partial charge on any atom is -0.349 e. The van der Waals surface area contributed by atoms with Crippen LogP contribution in [0.1, 0.15) is 25.0 Å². The van der Waals surface area contributed by atoms with Crippen molar-refractivity contribution in [2.45, 2.75) is 44.1 Å². The van der Waals surface area contributed by atoms with E-state index in [1.54, 1.807) is 23.6 Å². The molecule has 3 aromatic heterocycles. The Morgan fingerprint density at radius 2 is 1.76 bits per heavy atom. The van der Waals surface area contributed by atoms with Gasteiger partial charge < -0.3 is 9.80 Å². The van der Waals surface area contributed by atoms with Crippen molar-refractivity contribution in [3.8, 4) is 16.9 Å². The third-order valence-electron chi connectivity index (χ3n) is 7.74. The summed E-state index contributed by atoms with van der Waals surface area (Å²) in [5.74, 6) is -3.24. The van der Waals surface area contributed by atoms with Crippen molar-refractivity contribution in [3.63, 3.8) is 0 Å². The summed E-state index contributed by atoms with van der Waals surface area (Å²) in [6.07, 6.45) is -1.93. The van der Waals surface area contributed by atoms with Gasteiger partial charge in [-0.15, -0.1) is 0 Å². The molecule has 16 heteroatoms. The minimum atomic E-state index is -5.11. The molecule has 1 saturated heterocycles. The SMILES string of the molecule is C=CC(=O)N1C[C@H](C)N(c2nc(=O)n(-c3c(C)ccnc3S(C)(=O)=O)c3nc(-c4c(F)cccc4C(F)(F)F)c(F)cc23)C[C@@H]1C. The van der Waals surface area contributed by atoms with Crippen LogP contribution in [-0.4, -0.2) is 70.2 Å². The first-order chi connectivity index (χ1) is 21.4. The standard InChI is InChI=1S/C30H27F5N6O4S/c1-6-22(42)39-13-17(4)40(14-16(39)3)26-18-12-21(32)24(23-19(30(33,34)35)8-7-9-20(23)31)37-27(18)41(29(43)38-26)25-15(2)10-11-36-28(25)46(5,44)45/h6-12,16-17H,1,13-14H2,2-5H3/t16-,17-/m0/s1. The van der Waals surface area contributed by atoms with Crippen LogP contribution in [0.15, 0.2) is 59.0 Å². The van der Waals surface area contributed by atoms with Gasteiger partial charge in [0.2, 0.25) is 5.91 Å². The number of amides is 1. The van der Waals surface area contributed by atoms with Gasteiger partial charge in [0, 0.05) is 37.6 Å². The van der Waals surface area contributed by atoms with Crippen LogP contribution in [0.2, 0.25) is 0 Å². The molecular weight excluding hydrogens is 635 g/mol. The number of aromatic nitrogens is 4.